The molecular formula is C18H27N3O2S. The second kappa shape index (κ2) is 6.24. The molecule has 2 bridgehead atoms. The number of rotatable bonds is 6. The highest BCUT2D eigenvalue weighted by molar-refractivity contribution is 8.32. The minimum Gasteiger partial charge on any atom is -0.371 e. The number of hydrogen-bond donors (Lipinski definition) is 0. The largest absolute Gasteiger partial charge is 0.371 e. The van der Waals surface area contributed by atoms with Crippen molar-refractivity contribution < 1.29 is 9.47 Å². The predicted octanol–water partition coefficient (Wildman–Crippen LogP) is 2.68. The summed E-state index contributed by atoms with van der Waals surface area (Å²) in [4.78, 5) is 7.09. The zero-order chi connectivity index (χ0) is 16.7. The summed E-state index contributed by atoms with van der Waals surface area (Å²) in [5.74, 6) is 1.14. The molecule has 0 radical (unpaired) electrons. The van der Waals surface area contributed by atoms with Gasteiger partial charge in [-0.1, -0.05) is 0 Å². The Kier molecular flexibility index (Phi) is 4.22. The second-order valence-electron chi connectivity index (χ2n) is 7.74. The van der Waals surface area contributed by atoms with E-state index in [4.69, 9.17) is 9.47 Å². The van der Waals surface area contributed by atoms with Gasteiger partial charge in [-0.15, -0.1) is 0 Å². The first-order valence-electron chi connectivity index (χ1n) is 8.57. The molecule has 3 aliphatic rings. The molecule has 3 aliphatic heterocycles. The van der Waals surface area contributed by atoms with Gasteiger partial charge in [0, 0.05) is 36.8 Å². The summed E-state index contributed by atoms with van der Waals surface area (Å²) in [7, 11) is -0.492. The van der Waals surface area contributed by atoms with Crippen molar-refractivity contribution in [1.29, 1.82) is 0 Å². The van der Waals surface area contributed by atoms with Crippen LogP contribution in [0.1, 0.15) is 6.42 Å². The smallest absolute Gasteiger partial charge is 0.141 e. The van der Waals surface area contributed by atoms with Crippen LogP contribution in [-0.4, -0.2) is 66.0 Å². The lowest BCUT2D eigenvalue weighted by Gasteiger charge is -2.47. The Morgan fingerprint density at radius 1 is 1.29 bits per heavy atom. The van der Waals surface area contributed by atoms with Gasteiger partial charge in [-0.05, 0) is 30.9 Å². The summed E-state index contributed by atoms with van der Waals surface area (Å²) in [5, 5.41) is 1.18. The lowest BCUT2D eigenvalue weighted by Crippen LogP contribution is -2.57. The molecule has 0 aromatic carbocycles. The average Bonchev–Trinajstić information content (AvgIpc) is 2.92. The third kappa shape index (κ3) is 3.41. The van der Waals surface area contributed by atoms with E-state index in [-0.39, 0.29) is 0 Å². The van der Waals surface area contributed by atoms with Gasteiger partial charge in [-0.3, -0.25) is 0 Å². The van der Waals surface area contributed by atoms with Gasteiger partial charge in [0.15, 0.2) is 0 Å². The maximum atomic E-state index is 5.85. The van der Waals surface area contributed by atoms with E-state index in [1.165, 1.54) is 17.5 Å². The number of fused-ring (bicyclic) bond motifs is 3. The first kappa shape index (κ1) is 16.2. The number of nitrogens with zero attached hydrogens (tertiary/aromatic N) is 3. The molecule has 5 rings (SSSR count). The molecule has 2 aromatic rings. The van der Waals surface area contributed by atoms with Crippen LogP contribution in [0.5, 0.6) is 0 Å². The van der Waals surface area contributed by atoms with Crippen LogP contribution in [0.3, 0.4) is 0 Å². The molecule has 3 saturated heterocycles. The molecule has 0 saturated carbocycles. The molecule has 0 spiro atoms. The Morgan fingerprint density at radius 3 is 2.75 bits per heavy atom. The fraction of sp³-hybridized carbons (Fsp3) is 0.611. The third-order valence-corrected chi connectivity index (χ3v) is 6.17. The van der Waals surface area contributed by atoms with Gasteiger partial charge in [0.25, 0.3) is 0 Å². The van der Waals surface area contributed by atoms with E-state index < -0.39 is 10.0 Å². The normalized spacial score (nSPS) is 24.2. The van der Waals surface area contributed by atoms with Crippen LogP contribution < -0.4 is 4.90 Å². The zero-order valence-corrected chi connectivity index (χ0v) is 15.6. The van der Waals surface area contributed by atoms with Crippen molar-refractivity contribution in [2.75, 3.05) is 49.1 Å². The van der Waals surface area contributed by atoms with Crippen molar-refractivity contribution in [2.45, 2.75) is 25.4 Å². The monoisotopic (exact) mass is 349 g/mol. The Morgan fingerprint density at radius 2 is 2.04 bits per heavy atom. The molecule has 2 unspecified atom stereocenters. The van der Waals surface area contributed by atoms with Crippen molar-refractivity contribution in [3.63, 3.8) is 0 Å². The summed E-state index contributed by atoms with van der Waals surface area (Å²) < 4.78 is 13.7. The number of aromatic nitrogens is 2. The van der Waals surface area contributed by atoms with Gasteiger partial charge in [-0.25, -0.2) is 15.0 Å². The lowest BCUT2D eigenvalue weighted by atomic mass is 9.98. The molecular weight excluding hydrogens is 322 g/mol. The molecule has 0 amide bonds. The molecule has 0 N–H and O–H groups in total. The van der Waals surface area contributed by atoms with Crippen LogP contribution in [0.2, 0.25) is 0 Å². The van der Waals surface area contributed by atoms with Gasteiger partial charge >= 0.3 is 0 Å². The third-order valence-electron chi connectivity index (χ3n) is 4.78. The summed E-state index contributed by atoms with van der Waals surface area (Å²) in [6.07, 6.45) is 13.1. The predicted molar refractivity (Wildman–Crippen MR) is 101 cm³/mol. The minimum atomic E-state index is -0.492. The summed E-state index contributed by atoms with van der Waals surface area (Å²) in [5.41, 5.74) is 2.20. The number of morpholine rings is 1. The molecule has 5 nitrogen and oxygen atoms in total. The maximum Gasteiger partial charge on any atom is 0.141 e. The zero-order valence-electron chi connectivity index (χ0n) is 14.8. The maximum absolute atomic E-state index is 5.85. The average molecular weight is 350 g/mol. The van der Waals surface area contributed by atoms with Crippen LogP contribution in [0.25, 0.3) is 11.0 Å². The summed E-state index contributed by atoms with van der Waals surface area (Å²) >= 11 is 0. The number of piperidine rings is 1. The fourth-order valence-electron chi connectivity index (χ4n) is 3.38. The molecule has 0 aliphatic carbocycles. The van der Waals surface area contributed by atoms with Crippen molar-refractivity contribution in [3.8, 4) is 0 Å². The van der Waals surface area contributed by atoms with E-state index in [0.717, 1.165) is 31.1 Å². The topological polar surface area (TPSA) is 39.5 Å². The molecule has 2 atom stereocenters. The Labute approximate surface area is 145 Å². The fourth-order valence-corrected chi connectivity index (χ4v) is 4.00. The number of hydrogen-bond acceptors (Lipinski definition) is 4. The summed E-state index contributed by atoms with van der Waals surface area (Å²) in [6.45, 7) is 3.37. The first-order valence-corrected chi connectivity index (χ1v) is 11.6. The first-order chi connectivity index (χ1) is 11.5. The van der Waals surface area contributed by atoms with Crippen LogP contribution in [0, 0.1) is 0 Å². The Bertz CT molecular complexity index is 709. The summed E-state index contributed by atoms with van der Waals surface area (Å²) in [6, 6.07) is 4.37. The van der Waals surface area contributed by atoms with Gasteiger partial charge in [-0.2, -0.15) is 0 Å². The number of pyridine rings is 1. The lowest BCUT2D eigenvalue weighted by molar-refractivity contribution is -0.133. The van der Waals surface area contributed by atoms with E-state index in [1.54, 1.807) is 0 Å². The molecule has 2 aromatic heterocycles. The minimum absolute atomic E-state index is 0.419. The standard InChI is InChI=1S/C18H27N3O2S/c1-24(2,3)7-6-22-13-20-5-4-14-8-15(10-19-18(14)20)21-11-16-9-17(12-21)23-16/h4-5,8,10,16-17H,6-7,9,11-13H2,1-3H3. The van der Waals surface area contributed by atoms with E-state index in [9.17, 15) is 0 Å². The van der Waals surface area contributed by atoms with E-state index in [2.05, 4.69) is 51.5 Å². The van der Waals surface area contributed by atoms with Gasteiger partial charge in [0.05, 0.1) is 30.7 Å². The SMILES string of the molecule is CS(C)(C)CCOCn1ccc2cc(N3CC4CC(C3)O4)cnc21. The van der Waals surface area contributed by atoms with E-state index in [1.807, 2.05) is 6.20 Å². The van der Waals surface area contributed by atoms with Crippen LogP contribution in [0.15, 0.2) is 24.5 Å². The van der Waals surface area contributed by atoms with Crippen LogP contribution in [-0.2, 0) is 16.2 Å². The van der Waals surface area contributed by atoms with Gasteiger partial charge in [0.1, 0.15) is 12.4 Å². The molecule has 3 fully saturated rings. The highest BCUT2D eigenvalue weighted by atomic mass is 32.3. The Balaban J connectivity index is 1.41. The Hall–Kier alpha value is -1.24. The van der Waals surface area contributed by atoms with Crippen molar-refractivity contribution in [1.82, 2.24) is 9.55 Å². The second-order valence-corrected chi connectivity index (χ2v) is 12.3. The highest BCUT2D eigenvalue weighted by Crippen LogP contribution is 2.34. The van der Waals surface area contributed by atoms with E-state index >= 15 is 0 Å². The molecule has 5 heterocycles. The molecule has 6 heteroatoms. The van der Waals surface area contributed by atoms with Gasteiger partial charge < -0.3 is 18.9 Å². The number of anilines is 1. The number of ether oxygens (including phenoxy) is 2. The molecule has 24 heavy (non-hydrogen) atoms. The van der Waals surface area contributed by atoms with Gasteiger partial charge in [0.2, 0.25) is 0 Å². The van der Waals surface area contributed by atoms with Crippen molar-refractivity contribution in [2.24, 2.45) is 0 Å². The highest BCUT2D eigenvalue weighted by Gasteiger charge is 2.38. The van der Waals surface area contributed by atoms with E-state index in [0.29, 0.717) is 18.9 Å². The molecule has 132 valence electrons. The van der Waals surface area contributed by atoms with Crippen LogP contribution in [0.4, 0.5) is 5.69 Å². The van der Waals surface area contributed by atoms with Crippen molar-refractivity contribution >= 4 is 26.7 Å². The van der Waals surface area contributed by atoms with Crippen molar-refractivity contribution in [3.05, 3.63) is 24.5 Å². The van der Waals surface area contributed by atoms with Crippen LogP contribution >= 0.6 is 10.0 Å². The quantitative estimate of drug-likeness (QED) is 0.752.